The minimum atomic E-state index is -1.92. The van der Waals surface area contributed by atoms with Crippen LogP contribution in [0.15, 0.2) is 109 Å². The van der Waals surface area contributed by atoms with Crippen molar-refractivity contribution >= 4 is 23.9 Å². The Morgan fingerprint density at radius 2 is 0.759 bits per heavy atom. The van der Waals surface area contributed by atoms with Crippen LogP contribution in [0.25, 0.3) is 0 Å². The fourth-order valence-corrected chi connectivity index (χ4v) is 8.70. The van der Waals surface area contributed by atoms with E-state index in [2.05, 4.69) is 130 Å². The minimum Gasteiger partial charge on any atom is -0.479 e. The van der Waals surface area contributed by atoms with Gasteiger partial charge in [-0.25, -0.2) is 4.79 Å². The summed E-state index contributed by atoms with van der Waals surface area (Å²) in [6.45, 7) is 5.64. The number of allylic oxidation sites excluding steroid dienone is 18. The van der Waals surface area contributed by atoms with Gasteiger partial charge in [0.2, 0.25) is 0 Å². The molecule has 1 saturated heterocycles. The molecule has 0 bridgehead atoms. The number of ether oxygens (including phenoxy) is 5. The van der Waals surface area contributed by atoms with Gasteiger partial charge in [0.05, 0.1) is 6.61 Å². The van der Waals surface area contributed by atoms with E-state index in [-0.39, 0.29) is 25.9 Å². The van der Waals surface area contributed by atoms with Gasteiger partial charge in [-0.2, -0.15) is 0 Å². The number of carboxylic acids is 1. The summed E-state index contributed by atoms with van der Waals surface area (Å²) >= 11 is 0. The van der Waals surface area contributed by atoms with Crippen molar-refractivity contribution in [1.82, 2.24) is 0 Å². The molecule has 1 heterocycles. The van der Waals surface area contributed by atoms with Gasteiger partial charge in [0, 0.05) is 19.3 Å². The summed E-state index contributed by atoms with van der Waals surface area (Å²) < 4.78 is 28.5. The first kappa shape index (κ1) is 72.4. The van der Waals surface area contributed by atoms with Gasteiger partial charge < -0.3 is 39.0 Å². The highest BCUT2D eigenvalue weighted by Crippen LogP contribution is 2.26. The van der Waals surface area contributed by atoms with Crippen molar-refractivity contribution in [2.75, 3.05) is 13.2 Å². The van der Waals surface area contributed by atoms with Gasteiger partial charge >= 0.3 is 23.9 Å². The SMILES string of the molecule is CC/C=C\C/C=C\C/C=C\CCCCCCCCCC(=O)OCC(COC1OC(C(=O)O)C(O)C(O)C1OC(=O)CCCCCCC/C=C\C/C=C\C/C=C\CC)OC(=O)CCCCCCCCC/C=C\C/C=C\C/C=C\CC. The molecule has 0 aromatic heterocycles. The fraction of sp³-hybridized carbons (Fsp3) is 0.672. The molecule has 448 valence electrons. The molecule has 0 aliphatic carbocycles. The van der Waals surface area contributed by atoms with Gasteiger partial charge in [-0.3, -0.25) is 14.4 Å². The average molecular weight is 1110 g/mol. The first-order valence-electron chi connectivity index (χ1n) is 30.9. The van der Waals surface area contributed by atoms with Crippen LogP contribution in [0, 0.1) is 0 Å². The third kappa shape index (κ3) is 43.8. The molecule has 0 radical (unpaired) electrons. The molecule has 12 heteroatoms. The lowest BCUT2D eigenvalue weighted by atomic mass is 9.98. The average Bonchev–Trinajstić information content (AvgIpc) is 3.46. The Bertz CT molecular complexity index is 1790. The molecule has 3 N–H and O–H groups in total. The number of carbonyl (C=O) groups is 4. The molecule has 6 atom stereocenters. The maximum Gasteiger partial charge on any atom is 0.335 e. The number of hydrogen-bond acceptors (Lipinski definition) is 11. The molecule has 0 saturated carbocycles. The van der Waals surface area contributed by atoms with Gasteiger partial charge in [-0.15, -0.1) is 0 Å². The molecule has 1 rings (SSSR count). The van der Waals surface area contributed by atoms with Crippen LogP contribution in [-0.4, -0.2) is 89.2 Å². The summed E-state index contributed by atoms with van der Waals surface area (Å²) in [5, 5.41) is 31.5. The third-order valence-electron chi connectivity index (χ3n) is 13.3. The highest BCUT2D eigenvalue weighted by molar-refractivity contribution is 5.74. The zero-order chi connectivity index (χ0) is 57.5. The van der Waals surface area contributed by atoms with Crippen molar-refractivity contribution in [3.8, 4) is 0 Å². The highest BCUT2D eigenvalue weighted by atomic mass is 16.7. The van der Waals surface area contributed by atoms with Crippen LogP contribution in [0.3, 0.4) is 0 Å². The van der Waals surface area contributed by atoms with Gasteiger partial charge in [-0.1, -0.05) is 214 Å². The molecule has 1 aliphatic heterocycles. The molecule has 12 nitrogen and oxygen atoms in total. The van der Waals surface area contributed by atoms with E-state index in [0.717, 1.165) is 173 Å². The van der Waals surface area contributed by atoms with E-state index < -0.39 is 67.3 Å². The molecule has 1 fully saturated rings. The van der Waals surface area contributed by atoms with Crippen molar-refractivity contribution in [2.45, 2.75) is 276 Å². The smallest absolute Gasteiger partial charge is 0.335 e. The molecule has 1 aliphatic rings. The topological polar surface area (TPSA) is 175 Å². The van der Waals surface area contributed by atoms with Gasteiger partial charge in [0.15, 0.2) is 24.6 Å². The van der Waals surface area contributed by atoms with Crippen LogP contribution in [0.4, 0.5) is 0 Å². The Morgan fingerprint density at radius 3 is 1.15 bits per heavy atom. The number of unbranched alkanes of at least 4 members (excludes halogenated alkanes) is 19. The Morgan fingerprint density at radius 1 is 0.418 bits per heavy atom. The number of aliphatic hydroxyl groups excluding tert-OH is 2. The second-order valence-corrected chi connectivity index (χ2v) is 20.5. The second-order valence-electron chi connectivity index (χ2n) is 20.5. The fourth-order valence-electron chi connectivity index (χ4n) is 8.70. The lowest BCUT2D eigenvalue weighted by Gasteiger charge is -2.40. The summed E-state index contributed by atoms with van der Waals surface area (Å²) in [5.41, 5.74) is 0. The van der Waals surface area contributed by atoms with Crippen molar-refractivity contribution in [3.63, 3.8) is 0 Å². The Balaban J connectivity index is 2.70. The molecule has 0 spiro atoms. The standard InChI is InChI=1S/C67H108O12/c1-4-7-10-13-16-19-22-25-28-30-33-35-38-41-44-47-50-53-59(68)75-56-58(77-60(69)54-51-48-45-42-39-37-34-31-29-26-23-20-17-14-11-8-5-2)57-76-67-65(63(72)62(71)64(79-67)66(73)74)78-61(70)55-52-49-46-43-40-36-32-27-24-21-18-15-12-9-6-3/h7-12,16-21,25-29,32,58,62-65,67,71-72H,4-6,13-15,22-24,30-31,33-57H2,1-3H3,(H,73,74)/b10-7-,11-8-,12-9-,19-16-,20-17-,21-18-,28-25-,29-26-,32-27-. The molecular formula is C67H108O12. The van der Waals surface area contributed by atoms with E-state index in [0.29, 0.717) is 19.3 Å². The van der Waals surface area contributed by atoms with Gasteiger partial charge in [0.25, 0.3) is 0 Å². The van der Waals surface area contributed by atoms with Gasteiger partial charge in [-0.05, 0) is 116 Å². The Labute approximate surface area is 478 Å². The zero-order valence-electron chi connectivity index (χ0n) is 49.3. The summed E-state index contributed by atoms with van der Waals surface area (Å²) in [5.74, 6) is -3.17. The number of carboxylic acid groups (broad SMARTS) is 1. The number of hydrogen-bond donors (Lipinski definition) is 3. The minimum absolute atomic E-state index is 0.0340. The van der Waals surface area contributed by atoms with E-state index in [4.69, 9.17) is 23.7 Å². The van der Waals surface area contributed by atoms with E-state index in [9.17, 15) is 34.5 Å². The van der Waals surface area contributed by atoms with Crippen molar-refractivity contribution < 1.29 is 58.2 Å². The van der Waals surface area contributed by atoms with E-state index in [1.807, 2.05) is 0 Å². The lowest BCUT2D eigenvalue weighted by molar-refractivity contribution is -0.301. The maximum absolute atomic E-state index is 13.2. The number of carbonyl (C=O) groups excluding carboxylic acids is 3. The first-order chi connectivity index (χ1) is 38.6. The monoisotopic (exact) mass is 1100 g/mol. The zero-order valence-corrected chi connectivity index (χ0v) is 49.3. The summed E-state index contributed by atoms with van der Waals surface area (Å²) in [4.78, 5) is 51.3. The quantitative estimate of drug-likeness (QED) is 0.0228. The molecule has 0 aromatic rings. The summed E-state index contributed by atoms with van der Waals surface area (Å²) in [6.07, 6.45) is 60.4. The third-order valence-corrected chi connectivity index (χ3v) is 13.3. The van der Waals surface area contributed by atoms with Gasteiger partial charge in [0.1, 0.15) is 18.8 Å². The summed E-state index contributed by atoms with van der Waals surface area (Å²) in [7, 11) is 0. The number of rotatable bonds is 51. The van der Waals surface area contributed by atoms with Crippen LogP contribution in [0.2, 0.25) is 0 Å². The van der Waals surface area contributed by atoms with E-state index in [1.54, 1.807) is 0 Å². The molecule has 0 amide bonds. The van der Waals surface area contributed by atoms with E-state index in [1.165, 1.54) is 6.42 Å². The molecule has 79 heavy (non-hydrogen) atoms. The first-order valence-corrected chi connectivity index (χ1v) is 30.9. The van der Waals surface area contributed by atoms with Crippen LogP contribution >= 0.6 is 0 Å². The predicted octanol–water partition coefficient (Wildman–Crippen LogP) is 16.2. The Kier molecular flexibility index (Phi) is 49.5. The van der Waals surface area contributed by atoms with Crippen LogP contribution in [-0.2, 0) is 42.9 Å². The number of esters is 3. The number of aliphatic carboxylic acids is 1. The van der Waals surface area contributed by atoms with Crippen LogP contribution < -0.4 is 0 Å². The molecule has 6 unspecified atom stereocenters. The second kappa shape index (κ2) is 54.0. The molecule has 0 aromatic carbocycles. The van der Waals surface area contributed by atoms with Crippen molar-refractivity contribution in [1.29, 1.82) is 0 Å². The Hall–Kier alpha value is -4.62. The number of aliphatic hydroxyl groups is 2. The highest BCUT2D eigenvalue weighted by Gasteiger charge is 2.50. The van der Waals surface area contributed by atoms with Crippen LogP contribution in [0.5, 0.6) is 0 Å². The van der Waals surface area contributed by atoms with Crippen LogP contribution in [0.1, 0.15) is 239 Å². The largest absolute Gasteiger partial charge is 0.479 e. The maximum atomic E-state index is 13.2. The normalized spacial score (nSPS) is 18.6. The predicted molar refractivity (Wildman–Crippen MR) is 321 cm³/mol. The molecular weight excluding hydrogens is 997 g/mol. The van der Waals surface area contributed by atoms with E-state index >= 15 is 0 Å². The summed E-state index contributed by atoms with van der Waals surface area (Å²) in [6, 6.07) is 0. The lowest BCUT2D eigenvalue weighted by Crippen LogP contribution is -2.61. The van der Waals surface area contributed by atoms with Crippen molar-refractivity contribution in [3.05, 3.63) is 109 Å². The van der Waals surface area contributed by atoms with Crippen molar-refractivity contribution in [2.24, 2.45) is 0 Å².